The fourth-order valence-corrected chi connectivity index (χ4v) is 4.11. The Kier molecular flexibility index (Phi) is 25.9. The van der Waals surface area contributed by atoms with Crippen LogP contribution in [0.15, 0.2) is 36.5 Å². The summed E-state index contributed by atoms with van der Waals surface area (Å²) in [6.45, 7) is 4.02. The van der Waals surface area contributed by atoms with Crippen LogP contribution in [0.5, 0.6) is 0 Å². The predicted molar refractivity (Wildman–Crippen MR) is 157 cm³/mol. The first-order chi connectivity index (χ1) is 18.5. The van der Waals surface area contributed by atoms with Crippen molar-refractivity contribution < 1.29 is 24.2 Å². The summed E-state index contributed by atoms with van der Waals surface area (Å²) >= 11 is 0. The van der Waals surface area contributed by atoms with Crippen molar-refractivity contribution in [1.29, 1.82) is 0 Å². The van der Waals surface area contributed by atoms with Crippen molar-refractivity contribution in [1.82, 2.24) is 5.32 Å². The number of ether oxygens (including phenoxy) is 1. The van der Waals surface area contributed by atoms with Gasteiger partial charge < -0.3 is 15.2 Å². The van der Waals surface area contributed by atoms with Crippen LogP contribution in [0, 0.1) is 0 Å². The van der Waals surface area contributed by atoms with Gasteiger partial charge in [0.05, 0.1) is 0 Å². The predicted octanol–water partition coefficient (Wildman–Crippen LogP) is 8.22. The molecule has 6 heteroatoms. The molecule has 2 N–H and O–H groups in total. The Hall–Kier alpha value is -2.37. The molecule has 0 heterocycles. The van der Waals surface area contributed by atoms with Crippen molar-refractivity contribution in [2.24, 2.45) is 0 Å². The third kappa shape index (κ3) is 26.7. The first-order valence-corrected chi connectivity index (χ1v) is 15.1. The van der Waals surface area contributed by atoms with Crippen molar-refractivity contribution in [3.8, 4) is 0 Å². The van der Waals surface area contributed by atoms with Crippen LogP contribution < -0.4 is 5.32 Å². The highest BCUT2D eigenvalue weighted by Crippen LogP contribution is 2.17. The quantitative estimate of drug-likeness (QED) is 0.0664. The molecule has 38 heavy (non-hydrogen) atoms. The number of nitrogens with one attached hydrogen (secondary N) is 1. The zero-order valence-corrected chi connectivity index (χ0v) is 24.3. The zero-order valence-electron chi connectivity index (χ0n) is 24.3. The van der Waals surface area contributed by atoms with Gasteiger partial charge in [0.15, 0.2) is 0 Å². The molecule has 0 aliphatic carbocycles. The van der Waals surface area contributed by atoms with Crippen LogP contribution in [-0.4, -0.2) is 35.6 Å². The van der Waals surface area contributed by atoms with Crippen LogP contribution in [0.4, 0.5) is 0 Å². The number of carbonyl (C=O) groups is 3. The average Bonchev–Trinajstić information content (AvgIpc) is 2.89. The molecule has 0 radical (unpaired) electrons. The van der Waals surface area contributed by atoms with Crippen molar-refractivity contribution in [2.45, 2.75) is 142 Å². The van der Waals surface area contributed by atoms with E-state index in [4.69, 9.17) is 9.84 Å². The number of hydrogen-bond donors (Lipinski definition) is 2. The Morgan fingerprint density at radius 1 is 0.711 bits per heavy atom. The highest BCUT2D eigenvalue weighted by Gasteiger charge is 2.14. The van der Waals surface area contributed by atoms with Crippen LogP contribution in [0.1, 0.15) is 136 Å². The number of unbranched alkanes of at least 4 members (excludes halogenated alkanes) is 9. The summed E-state index contributed by atoms with van der Waals surface area (Å²) in [5, 5.41) is 11.0. The van der Waals surface area contributed by atoms with Crippen LogP contribution in [0.25, 0.3) is 0 Å². The lowest BCUT2D eigenvalue weighted by atomic mass is 10.0. The second-order valence-electron chi connectivity index (χ2n) is 9.98. The molecule has 0 aromatic rings. The topological polar surface area (TPSA) is 92.7 Å². The highest BCUT2D eigenvalue weighted by molar-refractivity contribution is 5.80. The smallest absolute Gasteiger partial charge is 0.322 e. The first kappa shape index (κ1) is 35.6. The Morgan fingerprint density at radius 2 is 1.29 bits per heavy atom. The number of allylic oxidation sites excluding steroid dienone is 6. The summed E-state index contributed by atoms with van der Waals surface area (Å²) in [4.78, 5) is 34.5. The third-order valence-electron chi connectivity index (χ3n) is 6.33. The fourth-order valence-electron chi connectivity index (χ4n) is 4.11. The standard InChI is InChI=1S/C32H55NO5/c1-3-5-7-9-10-11-12-13-14-15-16-17-23-27-32(37)38-29(24-20-8-6-4-2)25-21-18-19-22-26-30(34)33-28-31(35)36/h5,7,10-11,13-14,29H,3-4,6,8-9,12,15-28H2,1-2H3,(H,33,34)(H,35,36)/b7-5-,11-10-,14-13-. The number of hydrogen-bond acceptors (Lipinski definition) is 4. The fraction of sp³-hybridized carbons (Fsp3) is 0.719. The molecule has 0 rings (SSSR count). The van der Waals surface area contributed by atoms with E-state index in [1.807, 2.05) is 0 Å². The lowest BCUT2D eigenvalue weighted by Crippen LogP contribution is -2.28. The minimum absolute atomic E-state index is 0.00771. The monoisotopic (exact) mass is 533 g/mol. The molecular formula is C32H55NO5. The third-order valence-corrected chi connectivity index (χ3v) is 6.33. The molecule has 218 valence electrons. The molecule has 0 aromatic heterocycles. The van der Waals surface area contributed by atoms with Gasteiger partial charge in [-0.3, -0.25) is 14.4 Å². The van der Waals surface area contributed by atoms with Gasteiger partial charge in [0.1, 0.15) is 12.6 Å². The summed E-state index contributed by atoms with van der Waals surface area (Å²) in [5.41, 5.74) is 0. The van der Waals surface area contributed by atoms with Crippen LogP contribution in [0.2, 0.25) is 0 Å². The van der Waals surface area contributed by atoms with E-state index in [1.165, 1.54) is 19.3 Å². The Labute approximate surface area is 232 Å². The molecule has 0 saturated heterocycles. The number of carbonyl (C=O) groups excluding carboxylic acids is 2. The number of carboxylic acid groups (broad SMARTS) is 1. The van der Waals surface area contributed by atoms with E-state index < -0.39 is 5.97 Å². The maximum Gasteiger partial charge on any atom is 0.322 e. The Bertz CT molecular complexity index is 683. The Morgan fingerprint density at radius 3 is 1.95 bits per heavy atom. The summed E-state index contributed by atoms with van der Waals surface area (Å²) in [7, 11) is 0. The van der Waals surface area contributed by atoms with Gasteiger partial charge in [-0.1, -0.05) is 88.8 Å². The molecule has 0 fully saturated rings. The van der Waals surface area contributed by atoms with Crippen molar-refractivity contribution in [3.63, 3.8) is 0 Å². The van der Waals surface area contributed by atoms with Crippen molar-refractivity contribution >= 4 is 17.8 Å². The second kappa shape index (κ2) is 27.7. The normalized spacial score (nSPS) is 12.5. The molecule has 0 saturated carbocycles. The number of esters is 1. The van der Waals surface area contributed by atoms with E-state index in [2.05, 4.69) is 55.6 Å². The summed E-state index contributed by atoms with van der Waals surface area (Å²) in [6.07, 6.45) is 31.3. The lowest BCUT2D eigenvalue weighted by molar-refractivity contribution is -0.150. The summed E-state index contributed by atoms with van der Waals surface area (Å²) in [6, 6.07) is 0. The minimum Gasteiger partial charge on any atom is -0.480 e. The zero-order chi connectivity index (χ0) is 28.1. The molecule has 0 aliphatic rings. The maximum atomic E-state index is 12.4. The minimum atomic E-state index is -1.03. The van der Waals surface area contributed by atoms with E-state index in [9.17, 15) is 14.4 Å². The van der Waals surface area contributed by atoms with Crippen LogP contribution >= 0.6 is 0 Å². The molecule has 6 nitrogen and oxygen atoms in total. The van der Waals surface area contributed by atoms with E-state index in [0.717, 1.165) is 89.9 Å². The van der Waals surface area contributed by atoms with E-state index in [-0.39, 0.29) is 24.5 Å². The largest absolute Gasteiger partial charge is 0.480 e. The number of amides is 1. The number of carboxylic acids is 1. The van der Waals surface area contributed by atoms with E-state index >= 15 is 0 Å². The Balaban J connectivity index is 4.04. The molecule has 0 aliphatic heterocycles. The maximum absolute atomic E-state index is 12.4. The second-order valence-corrected chi connectivity index (χ2v) is 9.98. The van der Waals surface area contributed by atoms with Gasteiger partial charge in [-0.25, -0.2) is 0 Å². The first-order valence-electron chi connectivity index (χ1n) is 15.1. The van der Waals surface area contributed by atoms with Crippen LogP contribution in [0.3, 0.4) is 0 Å². The van der Waals surface area contributed by atoms with Gasteiger partial charge in [-0.15, -0.1) is 0 Å². The van der Waals surface area contributed by atoms with Gasteiger partial charge in [-0.05, 0) is 70.6 Å². The SMILES string of the molecule is CC/C=C\C/C=C\C/C=C\CCCCCC(=O)OC(CCCCCC)CCCCCCC(=O)NCC(=O)O. The molecule has 1 amide bonds. The van der Waals surface area contributed by atoms with E-state index in [1.54, 1.807) is 0 Å². The molecule has 0 bridgehead atoms. The molecule has 0 aromatic carbocycles. The lowest BCUT2D eigenvalue weighted by Gasteiger charge is -2.18. The van der Waals surface area contributed by atoms with E-state index in [0.29, 0.717) is 12.8 Å². The van der Waals surface area contributed by atoms with Crippen molar-refractivity contribution in [3.05, 3.63) is 36.5 Å². The highest BCUT2D eigenvalue weighted by atomic mass is 16.5. The molecule has 1 unspecified atom stereocenters. The van der Waals surface area contributed by atoms with Gasteiger partial charge >= 0.3 is 11.9 Å². The average molecular weight is 534 g/mol. The van der Waals surface area contributed by atoms with Gasteiger partial charge in [0.2, 0.25) is 5.91 Å². The van der Waals surface area contributed by atoms with Crippen LogP contribution in [-0.2, 0) is 19.1 Å². The molecule has 1 atom stereocenters. The summed E-state index contributed by atoms with van der Waals surface area (Å²) < 4.78 is 5.85. The number of aliphatic carboxylic acids is 1. The van der Waals surface area contributed by atoms with Gasteiger partial charge in [-0.2, -0.15) is 0 Å². The molecular weight excluding hydrogens is 478 g/mol. The number of rotatable bonds is 26. The molecule has 0 spiro atoms. The summed E-state index contributed by atoms with van der Waals surface area (Å²) in [5.74, 6) is -1.31. The van der Waals surface area contributed by atoms with Gasteiger partial charge in [0.25, 0.3) is 0 Å². The van der Waals surface area contributed by atoms with Gasteiger partial charge in [0, 0.05) is 12.8 Å². The van der Waals surface area contributed by atoms with Crippen molar-refractivity contribution in [2.75, 3.05) is 6.54 Å².